The summed E-state index contributed by atoms with van der Waals surface area (Å²) in [5.41, 5.74) is -0.0301. The highest BCUT2D eigenvalue weighted by Crippen LogP contribution is 2.22. The number of aliphatic carboxylic acids is 1. The van der Waals surface area contributed by atoms with E-state index >= 15 is 0 Å². The summed E-state index contributed by atoms with van der Waals surface area (Å²) in [6, 6.07) is 3.48. The van der Waals surface area contributed by atoms with E-state index in [9.17, 15) is 9.90 Å². The van der Waals surface area contributed by atoms with Gasteiger partial charge in [-0.1, -0.05) is 0 Å². The minimum Gasteiger partial charge on any atom is -0.481 e. The number of aromatic nitrogens is 3. The van der Waals surface area contributed by atoms with Crippen LogP contribution in [0.5, 0.6) is 0 Å². The lowest BCUT2D eigenvalue weighted by atomic mass is 9.90. The van der Waals surface area contributed by atoms with Gasteiger partial charge in [0.05, 0.1) is 18.5 Å². The van der Waals surface area contributed by atoms with Gasteiger partial charge < -0.3 is 15.5 Å². The van der Waals surface area contributed by atoms with E-state index in [0.29, 0.717) is 23.7 Å². The molecule has 0 aliphatic heterocycles. The number of imidazole rings is 1. The first-order chi connectivity index (χ1) is 8.95. The van der Waals surface area contributed by atoms with Gasteiger partial charge in [0.15, 0.2) is 5.65 Å². The van der Waals surface area contributed by atoms with Crippen LogP contribution < -0.4 is 5.32 Å². The molecule has 0 aromatic carbocycles. The van der Waals surface area contributed by atoms with Gasteiger partial charge in [-0.2, -0.15) is 0 Å². The fourth-order valence-electron chi connectivity index (χ4n) is 1.57. The zero-order chi connectivity index (χ0) is 14.0. The Kier molecular flexibility index (Phi) is 3.39. The molecule has 3 N–H and O–H groups in total. The number of rotatable bonds is 5. The van der Waals surface area contributed by atoms with Gasteiger partial charge in [0.2, 0.25) is 0 Å². The molecule has 0 unspecified atom stereocenters. The number of fused-ring (bicyclic) bond motifs is 1. The molecule has 2 aromatic rings. The summed E-state index contributed by atoms with van der Waals surface area (Å²) in [5, 5.41) is 25.1. The van der Waals surface area contributed by atoms with Crippen LogP contribution in [0.15, 0.2) is 18.3 Å². The number of hydrogen-bond acceptors (Lipinski definition) is 5. The van der Waals surface area contributed by atoms with Crippen molar-refractivity contribution in [3.8, 4) is 0 Å². The van der Waals surface area contributed by atoms with Gasteiger partial charge in [-0.15, -0.1) is 5.10 Å². The van der Waals surface area contributed by atoms with Crippen molar-refractivity contribution in [1.82, 2.24) is 14.6 Å². The second kappa shape index (κ2) is 4.85. The number of nitrogens with zero attached hydrogens (tertiary/aromatic N) is 3. The molecule has 2 rings (SSSR count). The third-order valence-corrected chi connectivity index (χ3v) is 2.91. The normalized spacial score (nSPS) is 11.7. The van der Waals surface area contributed by atoms with E-state index in [4.69, 9.17) is 5.11 Å². The molecule has 0 saturated carbocycles. The highest BCUT2D eigenvalue weighted by Gasteiger charge is 2.32. The van der Waals surface area contributed by atoms with Crippen LogP contribution in [0.4, 0.5) is 5.82 Å². The Morgan fingerprint density at radius 1 is 1.47 bits per heavy atom. The third-order valence-electron chi connectivity index (χ3n) is 2.91. The lowest BCUT2D eigenvalue weighted by Gasteiger charge is -2.15. The van der Waals surface area contributed by atoms with E-state index < -0.39 is 11.4 Å². The molecule has 0 saturated heterocycles. The third kappa shape index (κ3) is 2.50. The second-order valence-electron chi connectivity index (χ2n) is 4.73. The number of hydrogen-bond donors (Lipinski definition) is 3. The molecule has 0 bridgehead atoms. The summed E-state index contributed by atoms with van der Waals surface area (Å²) in [6.07, 6.45) is 1.60. The van der Waals surface area contributed by atoms with Crippen LogP contribution in [-0.2, 0) is 10.2 Å². The molecule has 0 amide bonds. The molecule has 0 radical (unpaired) electrons. The van der Waals surface area contributed by atoms with Crippen LogP contribution in [0.1, 0.15) is 19.5 Å². The Hall–Kier alpha value is -2.15. The molecular formula is C12H16N4O3. The van der Waals surface area contributed by atoms with E-state index in [0.717, 1.165) is 0 Å². The highest BCUT2D eigenvalue weighted by molar-refractivity contribution is 5.79. The van der Waals surface area contributed by atoms with Crippen LogP contribution in [0.2, 0.25) is 0 Å². The fourth-order valence-corrected chi connectivity index (χ4v) is 1.57. The Balaban J connectivity index is 2.38. The SMILES string of the molecule is CC(C)(C(=O)O)c1cn2nc(NCCO)ccc2n1. The van der Waals surface area contributed by atoms with E-state index in [-0.39, 0.29) is 6.61 Å². The minimum absolute atomic E-state index is 0.0148. The van der Waals surface area contributed by atoms with Crippen molar-refractivity contribution in [3.05, 3.63) is 24.0 Å². The standard InChI is InChI=1S/C12H16N4O3/c1-12(2,11(18)19)8-7-16-10(14-8)4-3-9(15-16)13-5-6-17/h3-4,7,17H,5-6H2,1-2H3,(H,13,15)(H,18,19). The lowest BCUT2D eigenvalue weighted by Crippen LogP contribution is -2.28. The first-order valence-electron chi connectivity index (χ1n) is 5.90. The van der Waals surface area contributed by atoms with Crippen LogP contribution >= 0.6 is 0 Å². The van der Waals surface area contributed by atoms with Crippen molar-refractivity contribution in [2.24, 2.45) is 0 Å². The zero-order valence-electron chi connectivity index (χ0n) is 10.8. The Morgan fingerprint density at radius 2 is 2.21 bits per heavy atom. The van der Waals surface area contributed by atoms with E-state index in [2.05, 4.69) is 15.4 Å². The van der Waals surface area contributed by atoms with Gasteiger partial charge in [-0.05, 0) is 26.0 Å². The van der Waals surface area contributed by atoms with Gasteiger partial charge in [-0.25, -0.2) is 9.50 Å². The Morgan fingerprint density at radius 3 is 2.84 bits per heavy atom. The predicted molar refractivity (Wildman–Crippen MR) is 69.2 cm³/mol. The number of nitrogens with one attached hydrogen (secondary N) is 1. The van der Waals surface area contributed by atoms with Crippen molar-refractivity contribution in [3.63, 3.8) is 0 Å². The summed E-state index contributed by atoms with van der Waals surface area (Å²) in [6.45, 7) is 3.62. The Bertz CT molecular complexity index is 606. The largest absolute Gasteiger partial charge is 0.481 e. The van der Waals surface area contributed by atoms with E-state index in [1.807, 2.05) is 0 Å². The molecule has 19 heavy (non-hydrogen) atoms. The molecule has 0 fully saturated rings. The van der Waals surface area contributed by atoms with Gasteiger partial charge in [0.25, 0.3) is 0 Å². The summed E-state index contributed by atoms with van der Waals surface area (Å²) in [4.78, 5) is 15.5. The maximum Gasteiger partial charge on any atom is 0.315 e. The summed E-state index contributed by atoms with van der Waals surface area (Å²) < 4.78 is 1.53. The number of aliphatic hydroxyl groups excluding tert-OH is 1. The molecule has 7 heteroatoms. The van der Waals surface area contributed by atoms with Crippen molar-refractivity contribution in [2.45, 2.75) is 19.3 Å². The lowest BCUT2D eigenvalue weighted by molar-refractivity contribution is -0.142. The van der Waals surface area contributed by atoms with Crippen LogP contribution in [0, 0.1) is 0 Å². The molecule has 0 aliphatic carbocycles. The molecule has 7 nitrogen and oxygen atoms in total. The fraction of sp³-hybridized carbons (Fsp3) is 0.417. The monoisotopic (exact) mass is 264 g/mol. The predicted octanol–water partition coefficient (Wildman–Crippen LogP) is 0.496. The number of aliphatic hydroxyl groups is 1. The minimum atomic E-state index is -1.06. The molecular weight excluding hydrogens is 248 g/mol. The van der Waals surface area contributed by atoms with Gasteiger partial charge in [-0.3, -0.25) is 4.79 Å². The van der Waals surface area contributed by atoms with E-state index in [1.54, 1.807) is 32.2 Å². The van der Waals surface area contributed by atoms with Crippen LogP contribution in [0.3, 0.4) is 0 Å². The first-order valence-corrected chi connectivity index (χ1v) is 5.90. The maximum absolute atomic E-state index is 11.2. The van der Waals surface area contributed by atoms with Crippen LogP contribution in [0.25, 0.3) is 5.65 Å². The number of carbonyl (C=O) groups is 1. The topological polar surface area (TPSA) is 99.8 Å². The molecule has 2 heterocycles. The van der Waals surface area contributed by atoms with Gasteiger partial charge in [0.1, 0.15) is 11.2 Å². The first kappa shape index (κ1) is 13.3. The van der Waals surface area contributed by atoms with Crippen LogP contribution in [-0.4, -0.2) is 43.9 Å². The zero-order valence-corrected chi connectivity index (χ0v) is 10.8. The molecule has 102 valence electrons. The Labute approximate surface area is 109 Å². The average Bonchev–Trinajstić information content (AvgIpc) is 2.79. The smallest absolute Gasteiger partial charge is 0.315 e. The number of carboxylic acid groups (broad SMARTS) is 1. The number of carboxylic acids is 1. The molecule has 0 spiro atoms. The van der Waals surface area contributed by atoms with Crippen molar-refractivity contribution < 1.29 is 15.0 Å². The second-order valence-corrected chi connectivity index (χ2v) is 4.73. The molecule has 0 atom stereocenters. The molecule has 2 aromatic heterocycles. The van der Waals surface area contributed by atoms with Crippen molar-refractivity contribution in [2.75, 3.05) is 18.5 Å². The average molecular weight is 264 g/mol. The maximum atomic E-state index is 11.2. The summed E-state index contributed by atoms with van der Waals surface area (Å²) >= 11 is 0. The highest BCUT2D eigenvalue weighted by atomic mass is 16.4. The molecule has 0 aliphatic rings. The quantitative estimate of drug-likeness (QED) is 0.727. The summed E-state index contributed by atoms with van der Waals surface area (Å²) in [5.74, 6) is -0.340. The van der Waals surface area contributed by atoms with Crippen molar-refractivity contribution in [1.29, 1.82) is 0 Å². The van der Waals surface area contributed by atoms with Gasteiger partial charge in [0, 0.05) is 6.54 Å². The van der Waals surface area contributed by atoms with E-state index in [1.165, 1.54) is 4.52 Å². The van der Waals surface area contributed by atoms with Gasteiger partial charge >= 0.3 is 5.97 Å². The number of anilines is 1. The van der Waals surface area contributed by atoms with Crippen molar-refractivity contribution >= 4 is 17.4 Å². The summed E-state index contributed by atoms with van der Waals surface area (Å²) in [7, 11) is 0.